The van der Waals surface area contributed by atoms with Crippen LogP contribution in [0.5, 0.6) is 0 Å². The first-order valence-electron chi connectivity index (χ1n) is 9.13. The van der Waals surface area contributed by atoms with E-state index >= 15 is 0 Å². The molecule has 0 aromatic carbocycles. The van der Waals surface area contributed by atoms with Crippen molar-refractivity contribution < 1.29 is 0 Å². The first-order chi connectivity index (χ1) is 9.97. The number of nitrogens with zero attached hydrogens (tertiary/aromatic N) is 2. The fourth-order valence-corrected chi connectivity index (χ4v) is 3.95. The van der Waals surface area contributed by atoms with Gasteiger partial charge in [-0.25, -0.2) is 0 Å². The molecule has 0 amide bonds. The normalized spacial score (nSPS) is 33.0. The SMILES string of the molecule is CCC(C)C1CN(CC2(C)CCN(C)CC2)C(CC)CN1. The molecule has 2 aliphatic rings. The summed E-state index contributed by atoms with van der Waals surface area (Å²) in [6.07, 6.45) is 5.27. The number of piperazine rings is 1. The number of nitrogens with one attached hydrogen (secondary N) is 1. The predicted molar refractivity (Wildman–Crippen MR) is 91.7 cm³/mol. The highest BCUT2D eigenvalue weighted by Gasteiger charge is 2.36. The zero-order valence-electron chi connectivity index (χ0n) is 15.0. The predicted octanol–water partition coefficient (Wildman–Crippen LogP) is 2.82. The molecule has 3 atom stereocenters. The van der Waals surface area contributed by atoms with Crippen molar-refractivity contribution in [2.45, 2.75) is 65.5 Å². The molecule has 2 rings (SSSR count). The van der Waals surface area contributed by atoms with Gasteiger partial charge in [-0.2, -0.15) is 0 Å². The van der Waals surface area contributed by atoms with Crippen LogP contribution in [0.4, 0.5) is 0 Å². The molecule has 0 bridgehead atoms. The van der Waals surface area contributed by atoms with E-state index in [1.165, 1.54) is 58.4 Å². The molecule has 21 heavy (non-hydrogen) atoms. The minimum Gasteiger partial charge on any atom is -0.311 e. The van der Waals surface area contributed by atoms with Crippen LogP contribution in [0.2, 0.25) is 0 Å². The second-order valence-electron chi connectivity index (χ2n) is 8.01. The maximum atomic E-state index is 3.81. The second-order valence-corrected chi connectivity index (χ2v) is 8.01. The number of hydrogen-bond acceptors (Lipinski definition) is 3. The summed E-state index contributed by atoms with van der Waals surface area (Å²) in [6.45, 7) is 15.9. The molecule has 0 aromatic heterocycles. The summed E-state index contributed by atoms with van der Waals surface area (Å²) in [4.78, 5) is 5.30. The zero-order chi connectivity index (χ0) is 15.5. The maximum Gasteiger partial charge on any atom is 0.0221 e. The molecule has 3 heteroatoms. The van der Waals surface area contributed by atoms with E-state index < -0.39 is 0 Å². The van der Waals surface area contributed by atoms with Crippen molar-refractivity contribution in [2.24, 2.45) is 11.3 Å². The van der Waals surface area contributed by atoms with Gasteiger partial charge in [0.25, 0.3) is 0 Å². The van der Waals surface area contributed by atoms with Crippen molar-refractivity contribution in [3.05, 3.63) is 0 Å². The van der Waals surface area contributed by atoms with Crippen LogP contribution < -0.4 is 5.32 Å². The molecular weight excluding hydrogens is 258 g/mol. The summed E-state index contributed by atoms with van der Waals surface area (Å²) in [6, 6.07) is 1.43. The standard InChI is InChI=1S/C18H37N3/c1-6-15(3)17-13-21(16(7-2)12-19-17)14-18(4)8-10-20(5)11-9-18/h15-17,19H,6-14H2,1-5H3. The molecule has 1 N–H and O–H groups in total. The molecule has 2 heterocycles. The Bertz CT molecular complexity index is 310. The van der Waals surface area contributed by atoms with Crippen molar-refractivity contribution in [1.29, 1.82) is 0 Å². The maximum absolute atomic E-state index is 3.81. The van der Waals surface area contributed by atoms with E-state index in [0.29, 0.717) is 11.5 Å². The average Bonchev–Trinajstić information content (AvgIpc) is 2.49. The monoisotopic (exact) mass is 295 g/mol. The summed E-state index contributed by atoms with van der Waals surface area (Å²) in [5.74, 6) is 0.788. The largest absolute Gasteiger partial charge is 0.311 e. The van der Waals surface area contributed by atoms with Crippen LogP contribution in [0.25, 0.3) is 0 Å². The molecule has 2 saturated heterocycles. The van der Waals surface area contributed by atoms with Crippen molar-refractivity contribution in [2.75, 3.05) is 39.8 Å². The van der Waals surface area contributed by atoms with E-state index in [9.17, 15) is 0 Å². The minimum absolute atomic E-state index is 0.525. The van der Waals surface area contributed by atoms with E-state index in [0.717, 1.165) is 12.0 Å². The molecule has 0 saturated carbocycles. The Hall–Kier alpha value is -0.120. The molecule has 3 nitrogen and oxygen atoms in total. The summed E-state index contributed by atoms with van der Waals surface area (Å²) in [5.41, 5.74) is 0.525. The molecule has 2 aliphatic heterocycles. The van der Waals surface area contributed by atoms with Gasteiger partial charge >= 0.3 is 0 Å². The fraction of sp³-hybridized carbons (Fsp3) is 1.00. The van der Waals surface area contributed by atoms with Crippen molar-refractivity contribution in [1.82, 2.24) is 15.1 Å². The number of rotatable bonds is 5. The van der Waals surface area contributed by atoms with Gasteiger partial charge in [0.1, 0.15) is 0 Å². The summed E-state index contributed by atoms with van der Waals surface area (Å²) in [7, 11) is 2.26. The zero-order valence-corrected chi connectivity index (χ0v) is 15.0. The van der Waals surface area contributed by atoms with Crippen LogP contribution in [0, 0.1) is 11.3 Å². The van der Waals surface area contributed by atoms with E-state index in [-0.39, 0.29) is 0 Å². The highest BCUT2D eigenvalue weighted by Crippen LogP contribution is 2.33. The van der Waals surface area contributed by atoms with E-state index in [4.69, 9.17) is 0 Å². The van der Waals surface area contributed by atoms with Gasteiger partial charge in [0.05, 0.1) is 0 Å². The second kappa shape index (κ2) is 7.43. The van der Waals surface area contributed by atoms with Crippen LogP contribution in [-0.2, 0) is 0 Å². The van der Waals surface area contributed by atoms with E-state index in [1.54, 1.807) is 0 Å². The van der Waals surface area contributed by atoms with Gasteiger partial charge in [0.15, 0.2) is 0 Å². The van der Waals surface area contributed by atoms with Crippen LogP contribution in [0.1, 0.15) is 53.4 Å². The molecule has 0 aromatic rings. The van der Waals surface area contributed by atoms with Crippen molar-refractivity contribution in [3.8, 4) is 0 Å². The number of hydrogen-bond donors (Lipinski definition) is 1. The Labute approximate surface area is 132 Å². The number of likely N-dealkylation sites (tertiary alicyclic amines) is 1. The molecule has 124 valence electrons. The fourth-order valence-electron chi connectivity index (χ4n) is 3.95. The van der Waals surface area contributed by atoms with Gasteiger partial charge < -0.3 is 10.2 Å². The molecule has 3 unspecified atom stereocenters. The van der Waals surface area contributed by atoms with Crippen LogP contribution in [-0.4, -0.2) is 61.7 Å². The highest BCUT2D eigenvalue weighted by molar-refractivity contribution is 4.92. The number of piperidine rings is 1. The minimum atomic E-state index is 0.525. The lowest BCUT2D eigenvalue weighted by Crippen LogP contribution is -2.60. The lowest BCUT2D eigenvalue weighted by atomic mass is 9.79. The third-order valence-corrected chi connectivity index (χ3v) is 6.14. The highest BCUT2D eigenvalue weighted by atomic mass is 15.2. The topological polar surface area (TPSA) is 18.5 Å². The first-order valence-corrected chi connectivity index (χ1v) is 9.13. The van der Waals surface area contributed by atoms with Crippen molar-refractivity contribution >= 4 is 0 Å². The van der Waals surface area contributed by atoms with Gasteiger partial charge in [-0.05, 0) is 50.7 Å². The van der Waals surface area contributed by atoms with Gasteiger partial charge in [-0.3, -0.25) is 4.90 Å². The van der Waals surface area contributed by atoms with Crippen molar-refractivity contribution in [3.63, 3.8) is 0 Å². The Morgan fingerprint density at radius 3 is 2.48 bits per heavy atom. The quantitative estimate of drug-likeness (QED) is 0.841. The Morgan fingerprint density at radius 2 is 1.90 bits per heavy atom. The molecule has 0 aliphatic carbocycles. The van der Waals surface area contributed by atoms with Gasteiger partial charge in [-0.15, -0.1) is 0 Å². The lowest BCUT2D eigenvalue weighted by molar-refractivity contribution is 0.0335. The Balaban J connectivity index is 1.97. The average molecular weight is 296 g/mol. The smallest absolute Gasteiger partial charge is 0.0221 e. The summed E-state index contributed by atoms with van der Waals surface area (Å²) < 4.78 is 0. The molecule has 0 spiro atoms. The summed E-state index contributed by atoms with van der Waals surface area (Å²) in [5, 5.41) is 3.81. The third-order valence-electron chi connectivity index (χ3n) is 6.14. The van der Waals surface area contributed by atoms with Gasteiger partial charge in [-0.1, -0.05) is 34.1 Å². The van der Waals surface area contributed by atoms with Crippen LogP contribution >= 0.6 is 0 Å². The van der Waals surface area contributed by atoms with E-state index in [2.05, 4.69) is 49.9 Å². The third kappa shape index (κ3) is 4.43. The van der Waals surface area contributed by atoms with Gasteiger partial charge in [0.2, 0.25) is 0 Å². The van der Waals surface area contributed by atoms with Gasteiger partial charge in [0, 0.05) is 31.7 Å². The lowest BCUT2D eigenvalue weighted by Gasteiger charge is -2.47. The molecule has 0 radical (unpaired) electrons. The Morgan fingerprint density at radius 1 is 1.24 bits per heavy atom. The Kier molecular flexibility index (Phi) is 6.10. The van der Waals surface area contributed by atoms with Crippen LogP contribution in [0.3, 0.4) is 0 Å². The van der Waals surface area contributed by atoms with Crippen LogP contribution in [0.15, 0.2) is 0 Å². The van der Waals surface area contributed by atoms with E-state index in [1.807, 2.05) is 0 Å². The molecule has 2 fully saturated rings. The summed E-state index contributed by atoms with van der Waals surface area (Å²) >= 11 is 0. The molecular formula is C18H37N3. The first kappa shape index (κ1) is 17.2.